The maximum absolute atomic E-state index is 10.9. The van der Waals surface area contributed by atoms with Crippen molar-refractivity contribution in [2.75, 3.05) is 13.2 Å². The molecule has 0 saturated heterocycles. The summed E-state index contributed by atoms with van der Waals surface area (Å²) in [5, 5.41) is 10.7. The highest BCUT2D eigenvalue weighted by atomic mass is 16.6. The van der Waals surface area contributed by atoms with Gasteiger partial charge in [-0.2, -0.15) is 0 Å². The number of carbonyl (C=O) groups is 1. The molecule has 0 aliphatic rings. The predicted molar refractivity (Wildman–Crippen MR) is 123 cm³/mol. The van der Waals surface area contributed by atoms with Crippen LogP contribution in [0.1, 0.15) is 49.7 Å². The summed E-state index contributed by atoms with van der Waals surface area (Å²) in [5.41, 5.74) is 2.03. The molecule has 164 valence electrons. The van der Waals surface area contributed by atoms with Crippen LogP contribution in [0.15, 0.2) is 61.2 Å². The lowest BCUT2D eigenvalue weighted by molar-refractivity contribution is -0.384. The van der Waals surface area contributed by atoms with Crippen molar-refractivity contribution < 1.29 is 19.2 Å². The maximum atomic E-state index is 10.9. The average Bonchev–Trinajstić information content (AvgIpc) is 2.79. The van der Waals surface area contributed by atoms with Crippen LogP contribution >= 0.6 is 0 Å². The lowest BCUT2D eigenvalue weighted by Gasteiger charge is -2.06. The minimum Gasteiger partial charge on any atom is -0.494 e. The largest absolute Gasteiger partial charge is 0.494 e. The first kappa shape index (κ1) is 23.9. The van der Waals surface area contributed by atoms with E-state index in [1.165, 1.54) is 18.2 Å². The Hall–Kier alpha value is -3.41. The molecule has 0 radical (unpaired) electrons. The van der Waals surface area contributed by atoms with Crippen LogP contribution in [0.4, 0.5) is 5.69 Å². The molecule has 0 N–H and O–H groups in total. The number of nitro groups is 1. The van der Waals surface area contributed by atoms with Crippen molar-refractivity contribution in [1.82, 2.24) is 0 Å². The molecule has 2 rings (SSSR count). The quantitative estimate of drug-likeness (QED) is 0.0901. The number of rotatable bonds is 14. The second kappa shape index (κ2) is 13.7. The van der Waals surface area contributed by atoms with Crippen molar-refractivity contribution in [3.05, 3.63) is 82.4 Å². The fourth-order valence-electron chi connectivity index (χ4n) is 2.91. The van der Waals surface area contributed by atoms with Crippen molar-refractivity contribution >= 4 is 23.8 Å². The zero-order chi connectivity index (χ0) is 22.3. The van der Waals surface area contributed by atoms with Crippen molar-refractivity contribution in [1.29, 1.82) is 0 Å². The van der Waals surface area contributed by atoms with Gasteiger partial charge in [-0.05, 0) is 48.2 Å². The first-order valence-electron chi connectivity index (χ1n) is 10.5. The fraction of sp³-hybridized carbons (Fsp3) is 0.320. The molecule has 0 bridgehead atoms. The Bertz CT molecular complexity index is 856. The molecule has 0 aliphatic carbocycles. The standard InChI is InChI=1S/C25H29NO5/c1-2-25(27)31-20-8-6-4-3-5-7-19-30-24-17-13-22(14-18-24)10-9-21-11-15-23(16-12-21)26(28)29/h2,9-18H,1,3-8,19-20H2. The van der Waals surface area contributed by atoms with Crippen LogP contribution < -0.4 is 4.74 Å². The number of non-ortho nitro benzene ring substituents is 1. The van der Waals surface area contributed by atoms with E-state index in [1.54, 1.807) is 12.1 Å². The van der Waals surface area contributed by atoms with Gasteiger partial charge in [0, 0.05) is 18.2 Å². The van der Waals surface area contributed by atoms with Crippen LogP contribution in [-0.2, 0) is 9.53 Å². The zero-order valence-corrected chi connectivity index (χ0v) is 17.7. The molecule has 0 fully saturated rings. The van der Waals surface area contributed by atoms with Crippen LogP contribution in [0, 0.1) is 10.1 Å². The molecule has 0 aliphatic heterocycles. The highest BCUT2D eigenvalue weighted by Gasteiger charge is 2.02. The Kier molecular flexibility index (Phi) is 10.6. The Balaban J connectivity index is 1.58. The number of hydrogen-bond donors (Lipinski definition) is 0. The monoisotopic (exact) mass is 423 g/mol. The van der Waals surface area contributed by atoms with Gasteiger partial charge in [-0.1, -0.05) is 56.5 Å². The van der Waals surface area contributed by atoms with E-state index in [2.05, 4.69) is 6.58 Å². The summed E-state index contributed by atoms with van der Waals surface area (Å²) in [5.74, 6) is 0.488. The number of benzene rings is 2. The fourth-order valence-corrected chi connectivity index (χ4v) is 2.91. The third-order valence-corrected chi connectivity index (χ3v) is 4.67. The Labute approximate surface area is 183 Å². The lowest BCUT2D eigenvalue weighted by Crippen LogP contribution is -2.01. The minimum atomic E-state index is -0.404. The Morgan fingerprint density at radius 2 is 1.35 bits per heavy atom. The maximum Gasteiger partial charge on any atom is 0.330 e. The Morgan fingerprint density at radius 3 is 1.90 bits per heavy atom. The van der Waals surface area contributed by atoms with E-state index in [-0.39, 0.29) is 11.7 Å². The number of nitro benzene ring substituents is 1. The van der Waals surface area contributed by atoms with Gasteiger partial charge in [0.25, 0.3) is 5.69 Å². The summed E-state index contributed by atoms with van der Waals surface area (Å²) in [6, 6.07) is 14.3. The van der Waals surface area contributed by atoms with Crippen LogP contribution in [0.5, 0.6) is 5.75 Å². The summed E-state index contributed by atoms with van der Waals surface area (Å²) in [6.07, 6.45) is 11.4. The van der Waals surface area contributed by atoms with E-state index in [1.807, 2.05) is 36.4 Å². The molecule has 0 spiro atoms. The van der Waals surface area contributed by atoms with Gasteiger partial charge < -0.3 is 9.47 Å². The highest BCUT2D eigenvalue weighted by Crippen LogP contribution is 2.17. The topological polar surface area (TPSA) is 78.7 Å². The first-order chi connectivity index (χ1) is 15.1. The highest BCUT2D eigenvalue weighted by molar-refractivity contribution is 5.81. The second-order valence-electron chi connectivity index (χ2n) is 7.09. The lowest BCUT2D eigenvalue weighted by atomic mass is 10.1. The summed E-state index contributed by atoms with van der Waals surface area (Å²) in [6.45, 7) is 4.52. The van der Waals surface area contributed by atoms with E-state index in [9.17, 15) is 14.9 Å². The van der Waals surface area contributed by atoms with E-state index >= 15 is 0 Å². The third-order valence-electron chi connectivity index (χ3n) is 4.67. The van der Waals surface area contributed by atoms with Crippen molar-refractivity contribution in [3.63, 3.8) is 0 Å². The molecule has 31 heavy (non-hydrogen) atoms. The second-order valence-corrected chi connectivity index (χ2v) is 7.09. The number of unbranched alkanes of at least 4 members (excludes halogenated alkanes) is 5. The van der Waals surface area contributed by atoms with Crippen molar-refractivity contribution in [2.24, 2.45) is 0 Å². The van der Waals surface area contributed by atoms with E-state index in [0.29, 0.717) is 13.2 Å². The SMILES string of the molecule is C=CC(=O)OCCCCCCCCOc1ccc(C=Cc2ccc([N+](=O)[O-])cc2)cc1. The molecule has 0 aromatic heterocycles. The van der Waals surface area contributed by atoms with Gasteiger partial charge in [-0.3, -0.25) is 10.1 Å². The van der Waals surface area contributed by atoms with Gasteiger partial charge in [0.2, 0.25) is 0 Å². The zero-order valence-electron chi connectivity index (χ0n) is 17.7. The molecule has 6 nitrogen and oxygen atoms in total. The molecule has 0 amide bonds. The minimum absolute atomic E-state index is 0.0881. The van der Waals surface area contributed by atoms with Gasteiger partial charge in [0.1, 0.15) is 5.75 Å². The Morgan fingerprint density at radius 1 is 0.839 bits per heavy atom. The van der Waals surface area contributed by atoms with Gasteiger partial charge >= 0.3 is 5.97 Å². The van der Waals surface area contributed by atoms with E-state index < -0.39 is 4.92 Å². The molecule has 0 saturated carbocycles. The number of carbonyl (C=O) groups excluding carboxylic acids is 1. The van der Waals surface area contributed by atoms with Gasteiger partial charge in [-0.15, -0.1) is 0 Å². The van der Waals surface area contributed by atoms with Crippen molar-refractivity contribution in [3.8, 4) is 5.75 Å². The number of nitrogens with zero attached hydrogens (tertiary/aromatic N) is 1. The van der Waals surface area contributed by atoms with Crippen LogP contribution in [-0.4, -0.2) is 24.1 Å². The molecule has 6 heteroatoms. The number of esters is 1. The van der Waals surface area contributed by atoms with Crippen molar-refractivity contribution in [2.45, 2.75) is 38.5 Å². The summed E-state index contributed by atoms with van der Waals surface area (Å²) < 4.78 is 10.7. The summed E-state index contributed by atoms with van der Waals surface area (Å²) in [4.78, 5) is 21.2. The molecular weight excluding hydrogens is 394 g/mol. The van der Waals surface area contributed by atoms with Crippen LogP contribution in [0.25, 0.3) is 12.2 Å². The summed E-state index contributed by atoms with van der Waals surface area (Å²) in [7, 11) is 0. The molecule has 2 aromatic carbocycles. The molecule has 0 unspecified atom stereocenters. The average molecular weight is 424 g/mol. The molecule has 0 heterocycles. The van der Waals surface area contributed by atoms with Gasteiger partial charge in [0.15, 0.2) is 0 Å². The van der Waals surface area contributed by atoms with E-state index in [4.69, 9.17) is 9.47 Å². The normalized spacial score (nSPS) is 10.7. The smallest absolute Gasteiger partial charge is 0.330 e. The van der Waals surface area contributed by atoms with Crippen LogP contribution in [0.2, 0.25) is 0 Å². The van der Waals surface area contributed by atoms with Gasteiger partial charge in [0.05, 0.1) is 18.1 Å². The molecular formula is C25H29NO5. The molecule has 0 atom stereocenters. The number of hydrogen-bond acceptors (Lipinski definition) is 5. The van der Waals surface area contributed by atoms with Gasteiger partial charge in [-0.25, -0.2) is 4.79 Å². The van der Waals surface area contributed by atoms with Crippen LogP contribution in [0.3, 0.4) is 0 Å². The summed E-state index contributed by atoms with van der Waals surface area (Å²) >= 11 is 0. The molecule has 2 aromatic rings. The number of ether oxygens (including phenoxy) is 2. The van der Waals surface area contributed by atoms with E-state index in [0.717, 1.165) is 55.4 Å². The predicted octanol–water partition coefficient (Wildman–Crippen LogP) is 6.21. The third kappa shape index (κ3) is 9.76. The first-order valence-corrected chi connectivity index (χ1v) is 10.5.